The third kappa shape index (κ3) is 1.80. The molecule has 0 aliphatic rings. The van der Waals surface area contributed by atoms with Crippen molar-refractivity contribution < 1.29 is 18.0 Å². The summed E-state index contributed by atoms with van der Waals surface area (Å²) in [5.41, 5.74) is 2.15. The number of ketones is 1. The van der Waals surface area contributed by atoms with Crippen LogP contribution in [0.3, 0.4) is 0 Å². The molecule has 1 atom stereocenters. The smallest absolute Gasteiger partial charge is 0.311 e. The van der Waals surface area contributed by atoms with Crippen molar-refractivity contribution in [3.8, 4) is 0 Å². The van der Waals surface area contributed by atoms with Gasteiger partial charge < -0.3 is 5.73 Å². The summed E-state index contributed by atoms with van der Waals surface area (Å²) in [5.74, 6) is -1.10. The molecule has 1 aromatic rings. The summed E-state index contributed by atoms with van der Waals surface area (Å²) in [6.45, 7) is 0.676. The van der Waals surface area contributed by atoms with E-state index in [-0.39, 0.29) is 4.88 Å². The van der Waals surface area contributed by atoms with Gasteiger partial charge in [0.2, 0.25) is 5.78 Å². The summed E-state index contributed by atoms with van der Waals surface area (Å²) in [4.78, 5) is 11.4. The highest BCUT2D eigenvalue weighted by atomic mass is 32.1. The van der Waals surface area contributed by atoms with Crippen LogP contribution in [-0.2, 0) is 0 Å². The summed E-state index contributed by atoms with van der Waals surface area (Å²) < 4.78 is 37.0. The third-order valence-electron chi connectivity index (χ3n) is 1.81. The zero-order valence-electron chi connectivity index (χ0n) is 7.26. The molecule has 14 heavy (non-hydrogen) atoms. The standard InChI is InChI=1S/C8H8F3NOS/c1-7(12,8(9,10)11)6(13)5-3-2-4-14-5/h2-4H,12H2,1H3. The Kier molecular flexibility index (Phi) is 2.69. The van der Waals surface area contributed by atoms with Gasteiger partial charge in [-0.2, -0.15) is 13.2 Å². The molecule has 2 nitrogen and oxygen atoms in total. The fourth-order valence-corrected chi connectivity index (χ4v) is 1.57. The second-order valence-electron chi connectivity index (χ2n) is 3.01. The van der Waals surface area contributed by atoms with Gasteiger partial charge in [0.05, 0.1) is 4.88 Å². The highest BCUT2D eigenvalue weighted by Gasteiger charge is 2.54. The third-order valence-corrected chi connectivity index (χ3v) is 2.67. The lowest BCUT2D eigenvalue weighted by molar-refractivity contribution is -0.165. The number of Topliss-reactive ketones (excluding diaryl/α,β-unsaturated/α-hetero) is 1. The first-order chi connectivity index (χ1) is 6.27. The van der Waals surface area contributed by atoms with Crippen molar-refractivity contribution in [1.82, 2.24) is 0 Å². The molecule has 1 unspecified atom stereocenters. The summed E-state index contributed by atoms with van der Waals surface area (Å²) >= 11 is 0.944. The van der Waals surface area contributed by atoms with Crippen LogP contribution in [0.5, 0.6) is 0 Å². The minimum Gasteiger partial charge on any atom is -0.311 e. The Morgan fingerprint density at radius 3 is 2.43 bits per heavy atom. The summed E-state index contributed by atoms with van der Waals surface area (Å²) in [5, 5.41) is 1.53. The first-order valence-electron chi connectivity index (χ1n) is 3.70. The highest BCUT2D eigenvalue weighted by molar-refractivity contribution is 7.12. The van der Waals surface area contributed by atoms with Gasteiger partial charge in [0.25, 0.3) is 0 Å². The molecule has 0 aliphatic heterocycles. The Balaban J connectivity index is 3.01. The minimum atomic E-state index is -4.73. The predicted molar refractivity (Wildman–Crippen MR) is 47.3 cm³/mol. The lowest BCUT2D eigenvalue weighted by Crippen LogP contribution is -2.56. The summed E-state index contributed by atoms with van der Waals surface area (Å²) in [7, 11) is 0. The van der Waals surface area contributed by atoms with Gasteiger partial charge in [-0.25, -0.2) is 0 Å². The van der Waals surface area contributed by atoms with Gasteiger partial charge in [0.15, 0.2) is 5.54 Å². The lowest BCUT2D eigenvalue weighted by atomic mass is 9.96. The van der Waals surface area contributed by atoms with Gasteiger partial charge >= 0.3 is 6.18 Å². The van der Waals surface area contributed by atoms with Crippen LogP contribution in [0, 0.1) is 0 Å². The van der Waals surface area contributed by atoms with Crippen LogP contribution in [0.25, 0.3) is 0 Å². The van der Waals surface area contributed by atoms with Gasteiger partial charge in [0.1, 0.15) is 0 Å². The Morgan fingerprint density at radius 2 is 2.07 bits per heavy atom. The molecule has 0 amide bonds. The van der Waals surface area contributed by atoms with E-state index in [4.69, 9.17) is 5.73 Å². The van der Waals surface area contributed by atoms with E-state index in [1.807, 2.05) is 0 Å². The van der Waals surface area contributed by atoms with E-state index in [1.165, 1.54) is 17.5 Å². The largest absolute Gasteiger partial charge is 0.413 e. The molecule has 0 fully saturated rings. The number of thiophene rings is 1. The molecule has 1 aromatic heterocycles. The topological polar surface area (TPSA) is 43.1 Å². The number of halogens is 3. The van der Waals surface area contributed by atoms with Crippen LogP contribution in [0.2, 0.25) is 0 Å². The van der Waals surface area contributed by atoms with E-state index < -0.39 is 17.5 Å². The quantitative estimate of drug-likeness (QED) is 0.781. The SMILES string of the molecule is CC(N)(C(=O)c1cccs1)C(F)(F)F. The molecule has 1 rings (SSSR count). The average Bonchev–Trinajstić information content (AvgIpc) is 2.52. The maximum Gasteiger partial charge on any atom is 0.413 e. The van der Waals surface area contributed by atoms with Gasteiger partial charge in [-0.05, 0) is 18.4 Å². The molecule has 1 heterocycles. The second kappa shape index (κ2) is 3.36. The minimum absolute atomic E-state index is 0.0207. The number of nitrogens with two attached hydrogens (primary N) is 1. The molecule has 0 saturated heterocycles. The van der Waals surface area contributed by atoms with Crippen molar-refractivity contribution in [2.24, 2.45) is 5.73 Å². The summed E-state index contributed by atoms with van der Waals surface area (Å²) in [6, 6.07) is 2.83. The number of rotatable bonds is 2. The number of carbonyl (C=O) groups is 1. The molecule has 0 spiro atoms. The number of hydrogen-bond donors (Lipinski definition) is 1. The molecule has 78 valence electrons. The van der Waals surface area contributed by atoms with Crippen molar-refractivity contribution >= 4 is 17.1 Å². The van der Waals surface area contributed by atoms with Crippen molar-refractivity contribution in [3.05, 3.63) is 22.4 Å². The molecule has 0 aromatic carbocycles. The lowest BCUT2D eigenvalue weighted by Gasteiger charge is -2.25. The van der Waals surface area contributed by atoms with Crippen LogP contribution < -0.4 is 5.73 Å². The molecule has 0 radical (unpaired) electrons. The molecule has 6 heteroatoms. The fourth-order valence-electron chi connectivity index (χ4n) is 0.792. The van der Waals surface area contributed by atoms with Gasteiger partial charge in [-0.1, -0.05) is 6.07 Å². The van der Waals surface area contributed by atoms with Gasteiger partial charge in [0, 0.05) is 0 Å². The monoisotopic (exact) mass is 223 g/mol. The van der Waals surface area contributed by atoms with Gasteiger partial charge in [-0.3, -0.25) is 4.79 Å². The molecular weight excluding hydrogens is 215 g/mol. The van der Waals surface area contributed by atoms with Crippen LogP contribution in [0.4, 0.5) is 13.2 Å². The predicted octanol–water partition coefficient (Wildman–Crippen LogP) is 2.21. The van der Waals surface area contributed by atoms with E-state index in [0.717, 1.165) is 11.3 Å². The van der Waals surface area contributed by atoms with Crippen LogP contribution >= 0.6 is 11.3 Å². The Labute approximate surface area is 82.5 Å². The fraction of sp³-hybridized carbons (Fsp3) is 0.375. The van der Waals surface area contributed by atoms with Crippen LogP contribution in [0.1, 0.15) is 16.6 Å². The number of hydrogen-bond acceptors (Lipinski definition) is 3. The molecule has 0 aliphatic carbocycles. The van der Waals surface area contributed by atoms with E-state index in [2.05, 4.69) is 0 Å². The second-order valence-corrected chi connectivity index (χ2v) is 3.95. The van der Waals surface area contributed by atoms with E-state index in [9.17, 15) is 18.0 Å². The maximum absolute atomic E-state index is 12.3. The maximum atomic E-state index is 12.3. The van der Waals surface area contributed by atoms with E-state index >= 15 is 0 Å². The Morgan fingerprint density at radius 1 is 1.50 bits per heavy atom. The first kappa shape index (κ1) is 11.2. The Hall–Kier alpha value is -0.880. The van der Waals surface area contributed by atoms with Crippen molar-refractivity contribution in [2.75, 3.05) is 0 Å². The Bertz CT molecular complexity index is 329. The van der Waals surface area contributed by atoms with Gasteiger partial charge in [-0.15, -0.1) is 11.3 Å². The van der Waals surface area contributed by atoms with Crippen LogP contribution in [-0.4, -0.2) is 17.5 Å². The zero-order chi connectivity index (χ0) is 11.0. The molecular formula is C8H8F3NOS. The van der Waals surface area contributed by atoms with E-state index in [0.29, 0.717) is 6.92 Å². The van der Waals surface area contributed by atoms with Crippen molar-refractivity contribution in [3.63, 3.8) is 0 Å². The normalized spacial score (nSPS) is 16.4. The van der Waals surface area contributed by atoms with Crippen LogP contribution in [0.15, 0.2) is 17.5 Å². The zero-order valence-corrected chi connectivity index (χ0v) is 8.08. The molecule has 0 saturated carbocycles. The summed E-state index contributed by atoms with van der Waals surface area (Å²) in [6.07, 6.45) is -4.73. The van der Waals surface area contributed by atoms with Crippen molar-refractivity contribution in [2.45, 2.75) is 18.6 Å². The average molecular weight is 223 g/mol. The molecule has 2 N–H and O–H groups in total. The highest BCUT2D eigenvalue weighted by Crippen LogP contribution is 2.31. The van der Waals surface area contributed by atoms with E-state index in [1.54, 1.807) is 0 Å². The number of alkyl halides is 3. The number of carbonyl (C=O) groups excluding carboxylic acids is 1. The van der Waals surface area contributed by atoms with Crippen molar-refractivity contribution in [1.29, 1.82) is 0 Å². The first-order valence-corrected chi connectivity index (χ1v) is 4.58. The molecule has 0 bridgehead atoms.